The van der Waals surface area contributed by atoms with E-state index >= 15 is 0 Å². The second-order valence-electron chi connectivity index (χ2n) is 14.2. The average molecular weight is 713 g/mol. The number of rotatable bonds is 17. The largest absolute Gasteiger partial charge is 0.354 e. The molecule has 10 heteroatoms. The van der Waals surface area contributed by atoms with Crippen LogP contribution in [0.15, 0.2) is 109 Å². The maximum atomic E-state index is 13.9. The van der Waals surface area contributed by atoms with Crippen molar-refractivity contribution in [2.75, 3.05) is 26.2 Å². The van der Waals surface area contributed by atoms with Gasteiger partial charge in [-0.1, -0.05) is 121 Å². The van der Waals surface area contributed by atoms with Crippen LogP contribution in [-0.4, -0.2) is 61.4 Å². The highest BCUT2D eigenvalue weighted by Crippen LogP contribution is 2.52. The first-order chi connectivity index (χ1) is 25.7. The van der Waals surface area contributed by atoms with Crippen molar-refractivity contribution in [1.82, 2.24) is 21.3 Å². The van der Waals surface area contributed by atoms with E-state index in [1.807, 2.05) is 36.4 Å². The number of carbonyl (C=O) groups excluding carboxylic acids is 2. The van der Waals surface area contributed by atoms with E-state index in [1.54, 1.807) is 0 Å². The van der Waals surface area contributed by atoms with Crippen molar-refractivity contribution in [1.29, 1.82) is 0 Å². The van der Waals surface area contributed by atoms with Crippen molar-refractivity contribution in [3.63, 3.8) is 0 Å². The minimum Gasteiger partial charge on any atom is -0.354 e. The number of unbranched alkanes of at least 4 members (excludes halogenated alkanes) is 1. The van der Waals surface area contributed by atoms with Crippen LogP contribution in [0, 0.1) is 11.8 Å². The molecule has 2 aliphatic carbocycles. The summed E-state index contributed by atoms with van der Waals surface area (Å²) >= 11 is 0. The molecular formula is C43H52N8O2. The fourth-order valence-electron chi connectivity index (χ4n) is 7.05. The Kier molecular flexibility index (Phi) is 12.4. The summed E-state index contributed by atoms with van der Waals surface area (Å²) in [7, 11) is 0. The van der Waals surface area contributed by atoms with Crippen LogP contribution < -0.4 is 44.2 Å². The van der Waals surface area contributed by atoms with Crippen molar-refractivity contribution in [3.8, 4) is 34.1 Å². The Bertz CT molecular complexity index is 1880. The summed E-state index contributed by atoms with van der Waals surface area (Å²) in [4.78, 5) is 27.7. The van der Waals surface area contributed by atoms with Gasteiger partial charge in [0, 0.05) is 37.9 Å². The molecule has 276 valence electrons. The second kappa shape index (κ2) is 17.3. The molecule has 53 heavy (non-hydrogen) atoms. The van der Waals surface area contributed by atoms with E-state index in [9.17, 15) is 9.59 Å². The second-order valence-corrected chi connectivity index (χ2v) is 14.2. The van der Waals surface area contributed by atoms with E-state index < -0.39 is 23.4 Å². The molecule has 0 saturated heterocycles. The van der Waals surface area contributed by atoms with Gasteiger partial charge in [0.05, 0.1) is 0 Å². The molecule has 10 nitrogen and oxygen atoms in total. The quantitative estimate of drug-likeness (QED) is 0.0466. The third kappa shape index (κ3) is 9.39. The van der Waals surface area contributed by atoms with E-state index in [4.69, 9.17) is 22.9 Å². The first kappa shape index (κ1) is 37.9. The smallest absolute Gasteiger partial charge is 0.241 e. The van der Waals surface area contributed by atoms with Gasteiger partial charge in [-0.2, -0.15) is 0 Å². The minimum absolute atomic E-state index is 0.0473. The summed E-state index contributed by atoms with van der Waals surface area (Å²) in [5.74, 6) is 5.88. The number of carbonyl (C=O) groups is 2. The summed E-state index contributed by atoms with van der Waals surface area (Å²) in [5.41, 5.74) is 28.4. The first-order valence-corrected chi connectivity index (χ1v) is 18.6. The number of nitrogens with two attached hydrogens (primary N) is 4. The topological polar surface area (TPSA) is 186 Å². The van der Waals surface area contributed by atoms with Gasteiger partial charge in [-0.05, 0) is 65.6 Å². The molecular weight excluding hydrogens is 661 g/mol. The lowest BCUT2D eigenvalue weighted by Crippen LogP contribution is -2.55. The minimum atomic E-state index is -1.05. The molecule has 0 aromatic heterocycles. The van der Waals surface area contributed by atoms with E-state index in [-0.39, 0.29) is 30.2 Å². The normalized spacial score (nSPS) is 22.0. The first-order valence-electron chi connectivity index (χ1n) is 18.6. The molecule has 0 spiro atoms. The van der Waals surface area contributed by atoms with Crippen LogP contribution in [0.25, 0.3) is 22.3 Å². The number of nitrogens with one attached hydrogen (secondary N) is 4. The monoisotopic (exact) mass is 712 g/mol. The summed E-state index contributed by atoms with van der Waals surface area (Å²) in [6.07, 6.45) is 2.62. The van der Waals surface area contributed by atoms with E-state index in [2.05, 4.69) is 106 Å². The molecule has 4 aromatic rings. The molecule has 12 N–H and O–H groups in total. The highest BCUT2D eigenvalue weighted by atomic mass is 16.2. The van der Waals surface area contributed by atoms with Gasteiger partial charge in [-0.3, -0.25) is 20.2 Å². The zero-order valence-electron chi connectivity index (χ0n) is 30.2. The Morgan fingerprint density at radius 1 is 0.717 bits per heavy atom. The fraction of sp³-hybridized carbons (Fsp3) is 0.349. The van der Waals surface area contributed by atoms with Crippen molar-refractivity contribution >= 4 is 11.8 Å². The molecule has 6 rings (SSSR count). The number of hydrogen-bond donors (Lipinski definition) is 8. The van der Waals surface area contributed by atoms with Gasteiger partial charge in [-0.15, -0.1) is 0 Å². The van der Waals surface area contributed by atoms with Crippen LogP contribution in [0.4, 0.5) is 0 Å². The maximum absolute atomic E-state index is 13.9. The number of benzene rings is 4. The standard InChI is InChI=1S/C43H52N8O2/c44-24-8-10-25-48-40(53)43(28-38(43)35-22-18-33(19-23-35)31-13-5-2-6-14-31)50-29-36(15-7-9-26-49-41(45)46)51-39(52)42(47)27-37(42)34-20-16-32(17-21-34)30-11-3-1-4-12-30/h1-6,11-14,16-23,36-38,41,49-50H,8-10,24-29,44-47H2,(H,48,53)(H,51,52)/t36-,37?,38?,42-,43?/m0/s1. The van der Waals surface area contributed by atoms with Gasteiger partial charge in [0.15, 0.2) is 0 Å². The van der Waals surface area contributed by atoms with Crippen LogP contribution >= 0.6 is 0 Å². The zero-order chi connectivity index (χ0) is 37.3. The molecule has 0 bridgehead atoms. The van der Waals surface area contributed by atoms with Gasteiger partial charge in [0.1, 0.15) is 23.4 Å². The highest BCUT2D eigenvalue weighted by Gasteiger charge is 2.61. The maximum Gasteiger partial charge on any atom is 0.241 e. The van der Waals surface area contributed by atoms with Gasteiger partial charge in [0.25, 0.3) is 0 Å². The third-order valence-corrected chi connectivity index (χ3v) is 10.4. The van der Waals surface area contributed by atoms with Crippen molar-refractivity contribution < 1.29 is 9.59 Å². The average Bonchev–Trinajstić information content (AvgIpc) is 4.11. The van der Waals surface area contributed by atoms with Crippen LogP contribution in [0.1, 0.15) is 55.1 Å². The van der Waals surface area contributed by atoms with Gasteiger partial charge in [0.2, 0.25) is 11.8 Å². The molecule has 0 radical (unpaired) electrons. The van der Waals surface area contributed by atoms with Crippen molar-refractivity contribution in [2.24, 2.45) is 22.9 Å². The van der Waals surface area contributed by atoms with E-state index in [0.717, 1.165) is 46.2 Å². The summed E-state index contributed by atoms with van der Waals surface area (Å²) in [6.45, 7) is 1.87. The van der Waals surface area contributed by atoms with Gasteiger partial charge >= 0.3 is 0 Å². The Labute approximate surface area is 312 Å². The van der Waals surface area contributed by atoms with Gasteiger partial charge < -0.3 is 33.6 Å². The Balaban J connectivity index is 1.16. The predicted octanol–water partition coefficient (Wildman–Crippen LogP) is 3.25. The molecule has 2 saturated carbocycles. The Morgan fingerprint density at radius 2 is 1.28 bits per heavy atom. The molecule has 2 fully saturated rings. The SMILES string of the molecule is NCCCCNC(=O)C1(NC[C@H](C#CCCNC(N)N)NC(=O)[C@]2(N)CC2c2ccc(-c3ccccc3)cc2)CC1c1ccc(-c2ccccc2)cc1. The van der Waals surface area contributed by atoms with E-state index in [1.165, 1.54) is 0 Å². The fourth-order valence-corrected chi connectivity index (χ4v) is 7.05. The molecule has 2 amide bonds. The summed E-state index contributed by atoms with van der Waals surface area (Å²) in [6, 6.07) is 36.4. The van der Waals surface area contributed by atoms with Crippen molar-refractivity contribution in [3.05, 3.63) is 120 Å². The summed E-state index contributed by atoms with van der Waals surface area (Å²) in [5, 5.41) is 12.8. The lowest BCUT2D eigenvalue weighted by Gasteiger charge is -2.23. The highest BCUT2D eigenvalue weighted by molar-refractivity contribution is 5.93. The number of amides is 2. The molecule has 0 aliphatic heterocycles. The van der Waals surface area contributed by atoms with Crippen LogP contribution in [0.2, 0.25) is 0 Å². The van der Waals surface area contributed by atoms with Crippen LogP contribution in [-0.2, 0) is 9.59 Å². The molecule has 5 atom stereocenters. The Hall–Kier alpha value is -4.86. The lowest BCUT2D eigenvalue weighted by atomic mass is 10.00. The zero-order valence-corrected chi connectivity index (χ0v) is 30.2. The van der Waals surface area contributed by atoms with Crippen molar-refractivity contribution in [2.45, 2.75) is 67.3 Å². The summed E-state index contributed by atoms with van der Waals surface area (Å²) < 4.78 is 0. The predicted molar refractivity (Wildman–Crippen MR) is 212 cm³/mol. The molecule has 3 unspecified atom stereocenters. The third-order valence-electron chi connectivity index (χ3n) is 10.4. The van der Waals surface area contributed by atoms with Crippen LogP contribution in [0.5, 0.6) is 0 Å². The molecule has 0 heterocycles. The molecule has 2 aliphatic rings. The number of hydrogen-bond acceptors (Lipinski definition) is 8. The van der Waals surface area contributed by atoms with Gasteiger partial charge in [-0.25, -0.2) is 0 Å². The Morgan fingerprint density at radius 3 is 1.85 bits per heavy atom. The lowest BCUT2D eigenvalue weighted by molar-refractivity contribution is -0.124. The molecule has 4 aromatic carbocycles. The van der Waals surface area contributed by atoms with Crippen LogP contribution in [0.3, 0.4) is 0 Å². The van der Waals surface area contributed by atoms with E-state index in [0.29, 0.717) is 38.9 Å².